The number of ether oxygens (including phenoxy) is 2. The highest BCUT2D eigenvalue weighted by Crippen LogP contribution is 2.41. The zero-order valence-corrected chi connectivity index (χ0v) is 17.3. The number of nitrogens with zero attached hydrogens (tertiary/aromatic N) is 2. The lowest BCUT2D eigenvalue weighted by Crippen LogP contribution is -2.40. The van der Waals surface area contributed by atoms with Gasteiger partial charge >= 0.3 is 0 Å². The van der Waals surface area contributed by atoms with E-state index in [4.69, 9.17) is 9.47 Å². The van der Waals surface area contributed by atoms with E-state index in [1.54, 1.807) is 14.2 Å². The molecule has 1 aliphatic rings. The summed E-state index contributed by atoms with van der Waals surface area (Å²) in [6, 6.07) is 19.1. The van der Waals surface area contributed by atoms with Crippen molar-refractivity contribution in [1.29, 1.82) is 0 Å². The molecule has 4 rings (SSSR count). The van der Waals surface area contributed by atoms with E-state index in [-0.39, 0.29) is 17.6 Å². The van der Waals surface area contributed by atoms with Gasteiger partial charge in [-0.15, -0.1) is 0 Å². The van der Waals surface area contributed by atoms with E-state index >= 15 is 0 Å². The minimum atomic E-state index is -0.474. The minimum Gasteiger partial charge on any atom is -0.493 e. The van der Waals surface area contributed by atoms with Gasteiger partial charge in [-0.25, -0.2) is 0 Å². The minimum absolute atomic E-state index is 0.0445. The number of carbonyl (C=O) groups is 1. The number of non-ortho nitro benzene ring substituents is 1. The molecule has 7 nitrogen and oxygen atoms in total. The number of benzene rings is 3. The van der Waals surface area contributed by atoms with Crippen molar-refractivity contribution < 1.29 is 19.2 Å². The molecular formula is C24H22N2O5. The maximum Gasteiger partial charge on any atom is 0.269 e. The summed E-state index contributed by atoms with van der Waals surface area (Å²) in [6.45, 7) is 0.512. The van der Waals surface area contributed by atoms with Crippen LogP contribution in [0.1, 0.15) is 33.1 Å². The highest BCUT2D eigenvalue weighted by atomic mass is 16.6. The number of rotatable bonds is 5. The van der Waals surface area contributed by atoms with Gasteiger partial charge in [0.05, 0.1) is 25.2 Å². The SMILES string of the molecule is COc1cc2c(cc1OC)[C@@H](c1ccccc1)N(C(=O)c1ccc([N+](=O)[O-])cc1)CC2. The van der Waals surface area contributed by atoms with Crippen molar-refractivity contribution in [3.8, 4) is 11.5 Å². The van der Waals surface area contributed by atoms with Crippen molar-refractivity contribution in [3.05, 3.63) is 99.1 Å². The van der Waals surface area contributed by atoms with E-state index in [1.807, 2.05) is 47.4 Å². The molecule has 7 heteroatoms. The summed E-state index contributed by atoms with van der Waals surface area (Å²) in [6.07, 6.45) is 0.664. The zero-order valence-electron chi connectivity index (χ0n) is 17.3. The Hall–Kier alpha value is -3.87. The molecule has 3 aromatic rings. The third-order valence-electron chi connectivity index (χ3n) is 5.57. The molecule has 0 saturated heterocycles. The Balaban J connectivity index is 1.79. The van der Waals surface area contributed by atoms with E-state index in [0.29, 0.717) is 30.0 Å². The number of carbonyl (C=O) groups excluding carboxylic acids is 1. The molecule has 0 radical (unpaired) electrons. The lowest BCUT2D eigenvalue weighted by atomic mass is 9.87. The van der Waals surface area contributed by atoms with Crippen molar-refractivity contribution in [2.75, 3.05) is 20.8 Å². The Labute approximate surface area is 180 Å². The van der Waals surface area contributed by atoms with E-state index < -0.39 is 4.92 Å². The van der Waals surface area contributed by atoms with Crippen molar-refractivity contribution in [2.24, 2.45) is 0 Å². The van der Waals surface area contributed by atoms with Crippen LogP contribution in [-0.4, -0.2) is 36.5 Å². The number of hydrogen-bond acceptors (Lipinski definition) is 5. The van der Waals surface area contributed by atoms with Gasteiger partial charge < -0.3 is 14.4 Å². The van der Waals surface area contributed by atoms with Crippen LogP contribution in [0.15, 0.2) is 66.7 Å². The summed E-state index contributed by atoms with van der Waals surface area (Å²) in [5.74, 6) is 1.08. The highest BCUT2D eigenvalue weighted by Gasteiger charge is 2.33. The number of nitro groups is 1. The van der Waals surface area contributed by atoms with Crippen LogP contribution in [-0.2, 0) is 6.42 Å². The second-order valence-corrected chi connectivity index (χ2v) is 7.27. The van der Waals surface area contributed by atoms with E-state index in [2.05, 4.69) is 0 Å². The quantitative estimate of drug-likeness (QED) is 0.453. The molecule has 0 saturated carbocycles. The maximum atomic E-state index is 13.5. The van der Waals surface area contributed by atoms with Gasteiger partial charge in [-0.1, -0.05) is 30.3 Å². The summed E-state index contributed by atoms with van der Waals surface area (Å²) in [4.78, 5) is 25.7. The van der Waals surface area contributed by atoms with Crippen LogP contribution in [0.5, 0.6) is 11.5 Å². The van der Waals surface area contributed by atoms with Crippen LogP contribution >= 0.6 is 0 Å². The Morgan fingerprint density at radius 2 is 1.65 bits per heavy atom. The molecule has 1 heterocycles. The monoisotopic (exact) mass is 418 g/mol. The van der Waals surface area contributed by atoms with Crippen LogP contribution in [0, 0.1) is 10.1 Å². The molecule has 158 valence electrons. The topological polar surface area (TPSA) is 81.9 Å². The fourth-order valence-electron chi connectivity index (χ4n) is 4.05. The largest absolute Gasteiger partial charge is 0.493 e. The van der Waals surface area contributed by atoms with Crippen molar-refractivity contribution in [1.82, 2.24) is 4.90 Å². The molecule has 0 aromatic heterocycles. The standard InChI is InChI=1S/C24H22N2O5/c1-30-21-14-18-12-13-25(24(27)17-8-10-19(11-9-17)26(28)29)23(16-6-4-3-5-7-16)20(18)15-22(21)31-2/h3-11,14-15,23H,12-13H2,1-2H3/t23-/m1/s1. The van der Waals surface area contributed by atoms with Gasteiger partial charge in [0.25, 0.3) is 11.6 Å². The predicted molar refractivity (Wildman–Crippen MR) is 116 cm³/mol. The number of nitro benzene ring substituents is 1. The van der Waals surface area contributed by atoms with Gasteiger partial charge in [0, 0.05) is 24.2 Å². The first kappa shape index (κ1) is 20.4. The first-order chi connectivity index (χ1) is 15.0. The van der Waals surface area contributed by atoms with Gasteiger partial charge in [-0.2, -0.15) is 0 Å². The van der Waals surface area contributed by atoms with Gasteiger partial charge in [-0.05, 0) is 47.4 Å². The van der Waals surface area contributed by atoms with E-state index in [0.717, 1.165) is 16.7 Å². The second-order valence-electron chi connectivity index (χ2n) is 7.27. The lowest BCUT2D eigenvalue weighted by Gasteiger charge is -2.38. The number of amides is 1. The van der Waals surface area contributed by atoms with Crippen molar-refractivity contribution in [2.45, 2.75) is 12.5 Å². The number of hydrogen-bond donors (Lipinski definition) is 0. The zero-order chi connectivity index (χ0) is 22.0. The predicted octanol–water partition coefficient (Wildman–Crippen LogP) is 4.40. The molecule has 0 bridgehead atoms. The Bertz CT molecular complexity index is 1110. The third kappa shape index (κ3) is 3.82. The van der Waals surface area contributed by atoms with E-state index in [1.165, 1.54) is 24.3 Å². The number of fused-ring (bicyclic) bond motifs is 1. The van der Waals surface area contributed by atoms with Crippen LogP contribution in [0.25, 0.3) is 0 Å². The van der Waals surface area contributed by atoms with E-state index in [9.17, 15) is 14.9 Å². The van der Waals surface area contributed by atoms with Crippen molar-refractivity contribution >= 4 is 11.6 Å². The number of methoxy groups -OCH3 is 2. The summed E-state index contributed by atoms with van der Waals surface area (Å²) >= 11 is 0. The Kier molecular flexibility index (Phi) is 5.58. The van der Waals surface area contributed by atoms with Crippen LogP contribution in [0.2, 0.25) is 0 Å². The first-order valence-electron chi connectivity index (χ1n) is 9.88. The molecule has 0 unspecified atom stereocenters. The molecule has 1 aliphatic heterocycles. The first-order valence-corrected chi connectivity index (χ1v) is 9.88. The van der Waals surface area contributed by atoms with Crippen molar-refractivity contribution in [3.63, 3.8) is 0 Å². The van der Waals surface area contributed by atoms with Gasteiger partial charge in [0.2, 0.25) is 0 Å². The molecular weight excluding hydrogens is 396 g/mol. The smallest absolute Gasteiger partial charge is 0.269 e. The maximum absolute atomic E-state index is 13.5. The molecule has 0 fully saturated rings. The molecule has 1 atom stereocenters. The molecule has 0 spiro atoms. The van der Waals surface area contributed by atoms with Gasteiger partial charge in [0.1, 0.15) is 0 Å². The summed E-state index contributed by atoms with van der Waals surface area (Å²) in [7, 11) is 3.19. The van der Waals surface area contributed by atoms with Gasteiger partial charge in [0.15, 0.2) is 11.5 Å². The van der Waals surface area contributed by atoms with Gasteiger partial charge in [-0.3, -0.25) is 14.9 Å². The second kappa shape index (κ2) is 8.47. The third-order valence-corrected chi connectivity index (χ3v) is 5.57. The summed E-state index contributed by atoms with van der Waals surface area (Å²) < 4.78 is 11.0. The lowest BCUT2D eigenvalue weighted by molar-refractivity contribution is -0.384. The molecule has 0 aliphatic carbocycles. The summed E-state index contributed by atoms with van der Waals surface area (Å²) in [5, 5.41) is 11.0. The molecule has 31 heavy (non-hydrogen) atoms. The van der Waals surface area contributed by atoms with Crippen LogP contribution in [0.3, 0.4) is 0 Å². The Morgan fingerprint density at radius 1 is 1.00 bits per heavy atom. The average molecular weight is 418 g/mol. The van der Waals surface area contributed by atoms with Crippen LogP contribution < -0.4 is 9.47 Å². The normalized spacial score (nSPS) is 15.2. The Morgan fingerprint density at radius 3 is 2.26 bits per heavy atom. The molecule has 0 N–H and O–H groups in total. The average Bonchev–Trinajstić information content (AvgIpc) is 2.82. The highest BCUT2D eigenvalue weighted by molar-refractivity contribution is 5.95. The molecule has 3 aromatic carbocycles. The fraction of sp³-hybridized carbons (Fsp3) is 0.208. The molecule has 1 amide bonds. The summed E-state index contributed by atoms with van der Waals surface area (Å²) in [5.41, 5.74) is 3.42. The fourth-order valence-corrected chi connectivity index (χ4v) is 4.05. The van der Waals surface area contributed by atoms with Crippen LogP contribution in [0.4, 0.5) is 5.69 Å².